The quantitative estimate of drug-likeness (QED) is 0.480. The fourth-order valence-electron chi connectivity index (χ4n) is 1.04. The monoisotopic (exact) mass is 210 g/mol. The average molecular weight is 211 g/mol. The average Bonchev–Trinajstić information content (AvgIpc) is 2.03. The third-order valence-electron chi connectivity index (χ3n) is 1.68. The second-order valence-electron chi connectivity index (χ2n) is 2.62. The van der Waals surface area contributed by atoms with Gasteiger partial charge in [-0.1, -0.05) is 6.08 Å². The number of carbonyl (C=O) groups excluding carboxylic acids is 1. The topological polar surface area (TPSA) is 17.1 Å². The van der Waals surface area contributed by atoms with Crippen molar-refractivity contribution in [3.8, 4) is 0 Å². The van der Waals surface area contributed by atoms with Gasteiger partial charge in [0.1, 0.15) is 6.29 Å². The number of halogens is 4. The summed E-state index contributed by atoms with van der Waals surface area (Å²) in [6.07, 6.45) is -1.85. The van der Waals surface area contributed by atoms with E-state index in [2.05, 4.69) is 0 Å². The molecule has 5 heteroatoms. The Morgan fingerprint density at radius 1 is 1.54 bits per heavy atom. The van der Waals surface area contributed by atoms with Gasteiger partial charge in [0, 0.05) is 5.57 Å². The Morgan fingerprint density at radius 2 is 2.15 bits per heavy atom. The van der Waals surface area contributed by atoms with Crippen molar-refractivity contribution in [2.75, 3.05) is 0 Å². The van der Waals surface area contributed by atoms with Gasteiger partial charge in [-0.2, -0.15) is 13.2 Å². The first-order chi connectivity index (χ1) is 5.95. The maximum atomic E-state index is 12.2. The fraction of sp³-hybridized carbons (Fsp3) is 0.375. The maximum absolute atomic E-state index is 12.2. The Morgan fingerprint density at radius 3 is 2.62 bits per heavy atom. The van der Waals surface area contributed by atoms with E-state index in [1.165, 1.54) is 6.08 Å². The molecule has 13 heavy (non-hydrogen) atoms. The molecule has 0 aromatic heterocycles. The Balaban J connectivity index is 2.99. The lowest BCUT2D eigenvalue weighted by molar-refractivity contribution is -0.104. The summed E-state index contributed by atoms with van der Waals surface area (Å²) in [7, 11) is 0. The second-order valence-corrected chi connectivity index (χ2v) is 3.15. The largest absolute Gasteiger partial charge is 0.414 e. The molecule has 0 bridgehead atoms. The molecule has 1 rings (SSSR count). The van der Waals surface area contributed by atoms with Crippen molar-refractivity contribution < 1.29 is 18.0 Å². The molecule has 0 fully saturated rings. The zero-order valence-corrected chi connectivity index (χ0v) is 7.19. The van der Waals surface area contributed by atoms with Crippen LogP contribution in [0.25, 0.3) is 0 Å². The molecule has 0 aromatic carbocycles. The third-order valence-corrected chi connectivity index (χ3v) is 2.10. The van der Waals surface area contributed by atoms with Crippen LogP contribution in [0.3, 0.4) is 0 Å². The number of rotatable bonds is 1. The van der Waals surface area contributed by atoms with Crippen molar-refractivity contribution in [3.63, 3.8) is 0 Å². The highest BCUT2D eigenvalue weighted by Crippen LogP contribution is 2.35. The maximum Gasteiger partial charge on any atom is 0.414 e. The van der Waals surface area contributed by atoms with E-state index in [1.54, 1.807) is 0 Å². The van der Waals surface area contributed by atoms with Gasteiger partial charge in [0.15, 0.2) is 0 Å². The summed E-state index contributed by atoms with van der Waals surface area (Å²) >= 11 is 5.44. The van der Waals surface area contributed by atoms with Gasteiger partial charge < -0.3 is 0 Å². The zero-order chi connectivity index (χ0) is 10.1. The van der Waals surface area contributed by atoms with Crippen LogP contribution in [0, 0.1) is 0 Å². The number of aldehydes is 1. The van der Waals surface area contributed by atoms with Crippen molar-refractivity contribution in [2.24, 2.45) is 0 Å². The predicted octanol–water partition coefficient (Wildman–Crippen LogP) is 2.61. The van der Waals surface area contributed by atoms with Crippen LogP contribution in [0.4, 0.5) is 13.2 Å². The minimum atomic E-state index is -4.45. The Hall–Kier alpha value is -0.770. The molecule has 1 aliphatic rings. The van der Waals surface area contributed by atoms with Gasteiger partial charge in [-0.3, -0.25) is 4.79 Å². The van der Waals surface area contributed by atoms with E-state index in [0.29, 0.717) is 6.29 Å². The summed E-state index contributed by atoms with van der Waals surface area (Å²) in [6, 6.07) is 0. The molecule has 1 nitrogen and oxygen atoms in total. The second kappa shape index (κ2) is 3.54. The molecule has 0 spiro atoms. The van der Waals surface area contributed by atoms with Crippen LogP contribution < -0.4 is 0 Å². The molecule has 1 unspecified atom stereocenters. The summed E-state index contributed by atoms with van der Waals surface area (Å²) in [4.78, 5) is 10.2. The predicted molar refractivity (Wildman–Crippen MR) is 42.5 cm³/mol. The summed E-state index contributed by atoms with van der Waals surface area (Å²) in [5.74, 6) is 0. The lowest BCUT2D eigenvalue weighted by Gasteiger charge is -2.19. The van der Waals surface area contributed by atoms with Gasteiger partial charge in [0.05, 0.1) is 11.0 Å². The van der Waals surface area contributed by atoms with Gasteiger partial charge >= 0.3 is 6.18 Å². The van der Waals surface area contributed by atoms with E-state index in [4.69, 9.17) is 11.6 Å². The Labute approximate surface area is 77.9 Å². The summed E-state index contributed by atoms with van der Waals surface area (Å²) < 4.78 is 36.6. The number of hydrogen-bond acceptors (Lipinski definition) is 1. The number of alkyl halides is 4. The van der Waals surface area contributed by atoms with Crippen LogP contribution in [-0.4, -0.2) is 17.8 Å². The van der Waals surface area contributed by atoms with Gasteiger partial charge in [0.25, 0.3) is 0 Å². The van der Waals surface area contributed by atoms with Crippen molar-refractivity contribution in [1.82, 2.24) is 0 Å². The van der Waals surface area contributed by atoms with E-state index in [1.807, 2.05) is 0 Å². The van der Waals surface area contributed by atoms with Crippen LogP contribution in [0.5, 0.6) is 0 Å². The van der Waals surface area contributed by atoms with Crippen LogP contribution in [0.1, 0.15) is 6.42 Å². The molecule has 0 aromatic rings. The number of allylic oxidation sites excluding steroid dienone is 4. The SMILES string of the molecule is O=CC1=CCC(Cl)C(C(F)(F)F)=C1. The zero-order valence-electron chi connectivity index (χ0n) is 6.44. The highest BCUT2D eigenvalue weighted by Gasteiger charge is 2.38. The molecule has 0 N–H and O–H groups in total. The molecule has 0 saturated heterocycles. The lowest BCUT2D eigenvalue weighted by Crippen LogP contribution is -2.22. The standard InChI is InChI=1S/C8H6ClF3O/c9-7-2-1-5(4-13)3-6(7)8(10,11)12/h1,3-4,7H,2H2. The third kappa shape index (κ3) is 2.34. The van der Waals surface area contributed by atoms with Gasteiger partial charge in [0.2, 0.25) is 0 Å². The number of carbonyl (C=O) groups is 1. The fourth-order valence-corrected chi connectivity index (χ4v) is 1.31. The summed E-state index contributed by atoms with van der Waals surface area (Å²) in [6.45, 7) is 0. The van der Waals surface area contributed by atoms with E-state index in [0.717, 1.165) is 6.08 Å². The Kier molecular flexibility index (Phi) is 2.81. The van der Waals surface area contributed by atoms with Crippen molar-refractivity contribution >= 4 is 17.9 Å². The van der Waals surface area contributed by atoms with Gasteiger partial charge in [-0.15, -0.1) is 11.6 Å². The highest BCUT2D eigenvalue weighted by atomic mass is 35.5. The smallest absolute Gasteiger partial charge is 0.298 e. The van der Waals surface area contributed by atoms with E-state index in [-0.39, 0.29) is 12.0 Å². The van der Waals surface area contributed by atoms with E-state index < -0.39 is 17.1 Å². The van der Waals surface area contributed by atoms with Gasteiger partial charge in [-0.25, -0.2) is 0 Å². The van der Waals surface area contributed by atoms with Crippen molar-refractivity contribution in [2.45, 2.75) is 18.0 Å². The summed E-state index contributed by atoms with van der Waals surface area (Å²) in [5.41, 5.74) is -0.817. The van der Waals surface area contributed by atoms with Crippen LogP contribution in [-0.2, 0) is 4.79 Å². The van der Waals surface area contributed by atoms with E-state index in [9.17, 15) is 18.0 Å². The molecule has 0 amide bonds. The first kappa shape index (κ1) is 10.3. The first-order valence-electron chi connectivity index (χ1n) is 3.53. The molecule has 72 valence electrons. The van der Waals surface area contributed by atoms with Crippen LogP contribution >= 0.6 is 11.6 Å². The van der Waals surface area contributed by atoms with E-state index >= 15 is 0 Å². The molecule has 0 saturated carbocycles. The molecular formula is C8H6ClF3O. The molecule has 1 aliphatic carbocycles. The van der Waals surface area contributed by atoms with Crippen molar-refractivity contribution in [3.05, 3.63) is 23.3 Å². The molecule has 0 radical (unpaired) electrons. The molecular weight excluding hydrogens is 205 g/mol. The van der Waals surface area contributed by atoms with Gasteiger partial charge in [-0.05, 0) is 12.5 Å². The first-order valence-corrected chi connectivity index (χ1v) is 3.97. The molecule has 0 heterocycles. The van der Waals surface area contributed by atoms with Crippen molar-refractivity contribution in [1.29, 1.82) is 0 Å². The summed E-state index contributed by atoms with van der Waals surface area (Å²) in [5, 5.41) is -1.08. The molecule has 0 aliphatic heterocycles. The molecule has 1 atom stereocenters. The van der Waals surface area contributed by atoms with Crippen LogP contribution in [0.15, 0.2) is 23.3 Å². The number of hydrogen-bond donors (Lipinski definition) is 0. The minimum Gasteiger partial charge on any atom is -0.298 e. The Bertz CT molecular complexity index is 278. The highest BCUT2D eigenvalue weighted by molar-refractivity contribution is 6.22. The van der Waals surface area contributed by atoms with Crippen LogP contribution in [0.2, 0.25) is 0 Å². The normalized spacial score (nSPS) is 23.5. The lowest BCUT2D eigenvalue weighted by atomic mass is 9.99. The minimum absolute atomic E-state index is 0.0317.